The monoisotopic (exact) mass is 239 g/mol. The second-order valence-corrected chi connectivity index (χ2v) is 3.38. The largest absolute Gasteiger partial charge is 0.466 e. The van der Waals surface area contributed by atoms with E-state index in [-0.39, 0.29) is 18.7 Å². The van der Waals surface area contributed by atoms with Crippen molar-refractivity contribution in [3.63, 3.8) is 0 Å². The second kappa shape index (κ2) is 5.95. The summed E-state index contributed by atoms with van der Waals surface area (Å²) in [6.45, 7) is 1.90. The Bertz CT molecular complexity index is 418. The number of rotatable bonds is 5. The van der Waals surface area contributed by atoms with E-state index in [9.17, 15) is 20.0 Å². The number of hydrogen-bond donors (Lipinski definition) is 1. The lowest BCUT2D eigenvalue weighted by Gasteiger charge is -2.09. The highest BCUT2D eigenvalue weighted by molar-refractivity contribution is 5.70. The van der Waals surface area contributed by atoms with Gasteiger partial charge in [-0.3, -0.25) is 14.9 Å². The molecular weight excluding hydrogens is 226 g/mol. The molecule has 17 heavy (non-hydrogen) atoms. The number of ether oxygens (including phenoxy) is 1. The number of nitro groups is 1. The van der Waals surface area contributed by atoms with Crippen LogP contribution in [0.4, 0.5) is 5.69 Å². The molecule has 0 aromatic heterocycles. The third kappa shape index (κ3) is 3.84. The number of hydrogen-bond acceptors (Lipinski definition) is 5. The minimum Gasteiger partial charge on any atom is -0.466 e. The maximum Gasteiger partial charge on any atom is 0.308 e. The number of carbonyl (C=O) groups is 1. The average molecular weight is 239 g/mol. The van der Waals surface area contributed by atoms with E-state index in [1.165, 1.54) is 24.3 Å². The van der Waals surface area contributed by atoms with Crippen LogP contribution in [0, 0.1) is 10.1 Å². The van der Waals surface area contributed by atoms with Crippen molar-refractivity contribution in [1.29, 1.82) is 0 Å². The maximum atomic E-state index is 11.1. The molecule has 0 amide bonds. The summed E-state index contributed by atoms with van der Waals surface area (Å²) >= 11 is 0. The van der Waals surface area contributed by atoms with Gasteiger partial charge in [0.1, 0.15) is 0 Å². The van der Waals surface area contributed by atoms with E-state index < -0.39 is 17.0 Å². The molecule has 0 saturated carbocycles. The van der Waals surface area contributed by atoms with Crippen LogP contribution in [0.3, 0.4) is 0 Å². The number of aliphatic hydroxyl groups excluding tert-OH is 1. The van der Waals surface area contributed by atoms with Crippen molar-refractivity contribution < 1.29 is 19.6 Å². The standard InChI is InChI=1S/C11H13NO5/c1-2-17-11(14)7-10(13)8-4-3-5-9(6-8)12(15)16/h3-6,10,13H,2,7H2,1H3. The molecule has 6 heteroatoms. The summed E-state index contributed by atoms with van der Waals surface area (Å²) in [5.41, 5.74) is 0.206. The van der Waals surface area contributed by atoms with Crippen LogP contribution in [0.2, 0.25) is 0 Å². The number of aliphatic hydroxyl groups is 1. The van der Waals surface area contributed by atoms with Crippen molar-refractivity contribution in [2.24, 2.45) is 0 Å². The van der Waals surface area contributed by atoms with Crippen molar-refractivity contribution in [2.45, 2.75) is 19.4 Å². The lowest BCUT2D eigenvalue weighted by Crippen LogP contribution is -2.10. The average Bonchev–Trinajstić information content (AvgIpc) is 2.29. The van der Waals surface area contributed by atoms with Gasteiger partial charge in [0, 0.05) is 12.1 Å². The van der Waals surface area contributed by atoms with Crippen LogP contribution >= 0.6 is 0 Å². The first-order valence-corrected chi connectivity index (χ1v) is 5.12. The van der Waals surface area contributed by atoms with E-state index in [0.717, 1.165) is 0 Å². The summed E-state index contributed by atoms with van der Waals surface area (Å²) in [5.74, 6) is -0.536. The third-order valence-electron chi connectivity index (χ3n) is 2.13. The van der Waals surface area contributed by atoms with Gasteiger partial charge in [0.15, 0.2) is 0 Å². The quantitative estimate of drug-likeness (QED) is 0.478. The van der Waals surface area contributed by atoms with Crippen LogP contribution in [0.1, 0.15) is 25.0 Å². The van der Waals surface area contributed by atoms with Crippen LogP contribution in [0.15, 0.2) is 24.3 Å². The Labute approximate surface area is 98.0 Å². The van der Waals surface area contributed by atoms with E-state index in [2.05, 4.69) is 4.74 Å². The molecule has 0 saturated heterocycles. The van der Waals surface area contributed by atoms with Crippen LogP contribution in [-0.4, -0.2) is 22.6 Å². The topological polar surface area (TPSA) is 89.7 Å². The molecule has 1 atom stereocenters. The molecule has 6 nitrogen and oxygen atoms in total. The highest BCUT2D eigenvalue weighted by Crippen LogP contribution is 2.21. The first-order chi connectivity index (χ1) is 8.04. The lowest BCUT2D eigenvalue weighted by atomic mass is 10.1. The van der Waals surface area contributed by atoms with Crippen molar-refractivity contribution in [1.82, 2.24) is 0 Å². The zero-order valence-electron chi connectivity index (χ0n) is 9.33. The molecule has 0 aliphatic rings. The number of non-ortho nitro benzene ring substituents is 1. The molecule has 0 spiro atoms. The van der Waals surface area contributed by atoms with Crippen molar-refractivity contribution in [3.8, 4) is 0 Å². The summed E-state index contributed by atoms with van der Waals surface area (Å²) in [4.78, 5) is 21.1. The molecule has 0 fully saturated rings. The molecule has 0 bridgehead atoms. The van der Waals surface area contributed by atoms with Gasteiger partial charge in [-0.1, -0.05) is 12.1 Å². The van der Waals surface area contributed by atoms with Crippen molar-refractivity contribution in [3.05, 3.63) is 39.9 Å². The predicted octanol–water partition coefficient (Wildman–Crippen LogP) is 1.58. The highest BCUT2D eigenvalue weighted by atomic mass is 16.6. The fourth-order valence-corrected chi connectivity index (χ4v) is 1.34. The molecule has 92 valence electrons. The normalized spacial score (nSPS) is 11.9. The molecule has 0 heterocycles. The van der Waals surface area contributed by atoms with Gasteiger partial charge in [-0.05, 0) is 12.5 Å². The molecule has 0 aliphatic carbocycles. The van der Waals surface area contributed by atoms with Gasteiger partial charge in [0.2, 0.25) is 0 Å². The maximum absolute atomic E-state index is 11.1. The summed E-state index contributed by atoms with van der Waals surface area (Å²) in [7, 11) is 0. The Morgan fingerprint density at radius 1 is 1.59 bits per heavy atom. The van der Waals surface area contributed by atoms with Gasteiger partial charge in [-0.2, -0.15) is 0 Å². The molecule has 1 rings (SSSR count). The Morgan fingerprint density at radius 3 is 2.88 bits per heavy atom. The van der Waals surface area contributed by atoms with Gasteiger partial charge >= 0.3 is 5.97 Å². The van der Waals surface area contributed by atoms with E-state index in [4.69, 9.17) is 0 Å². The minimum atomic E-state index is -1.09. The zero-order valence-corrected chi connectivity index (χ0v) is 9.33. The van der Waals surface area contributed by atoms with Crippen LogP contribution in [0.25, 0.3) is 0 Å². The SMILES string of the molecule is CCOC(=O)CC(O)c1cccc([N+](=O)[O-])c1. The predicted molar refractivity (Wildman–Crippen MR) is 59.3 cm³/mol. The van der Waals surface area contributed by atoms with Gasteiger partial charge in [0.25, 0.3) is 5.69 Å². The molecular formula is C11H13NO5. The van der Waals surface area contributed by atoms with E-state index in [0.29, 0.717) is 5.56 Å². The molecule has 1 aromatic carbocycles. The minimum absolute atomic E-state index is 0.120. The number of esters is 1. The number of carbonyl (C=O) groups excluding carboxylic acids is 1. The Kier molecular flexibility index (Phi) is 4.59. The highest BCUT2D eigenvalue weighted by Gasteiger charge is 2.16. The van der Waals surface area contributed by atoms with Crippen LogP contribution < -0.4 is 0 Å². The van der Waals surface area contributed by atoms with Gasteiger partial charge in [0.05, 0.1) is 24.1 Å². The van der Waals surface area contributed by atoms with E-state index >= 15 is 0 Å². The lowest BCUT2D eigenvalue weighted by molar-refractivity contribution is -0.385. The van der Waals surface area contributed by atoms with E-state index in [1.54, 1.807) is 6.92 Å². The molecule has 0 aliphatic heterocycles. The first-order valence-electron chi connectivity index (χ1n) is 5.12. The van der Waals surface area contributed by atoms with Crippen molar-refractivity contribution >= 4 is 11.7 Å². The molecule has 1 aromatic rings. The van der Waals surface area contributed by atoms with Crippen LogP contribution in [0.5, 0.6) is 0 Å². The second-order valence-electron chi connectivity index (χ2n) is 3.38. The molecule has 0 radical (unpaired) electrons. The summed E-state index contributed by atoms with van der Waals surface area (Å²) in [6, 6.07) is 5.54. The van der Waals surface area contributed by atoms with Crippen LogP contribution in [-0.2, 0) is 9.53 Å². The number of benzene rings is 1. The fraction of sp³-hybridized carbons (Fsp3) is 0.364. The third-order valence-corrected chi connectivity index (χ3v) is 2.13. The number of nitro benzene ring substituents is 1. The van der Waals surface area contributed by atoms with Crippen molar-refractivity contribution in [2.75, 3.05) is 6.61 Å². The van der Waals surface area contributed by atoms with Gasteiger partial charge < -0.3 is 9.84 Å². The Hall–Kier alpha value is -1.95. The smallest absolute Gasteiger partial charge is 0.308 e. The van der Waals surface area contributed by atoms with Gasteiger partial charge in [-0.15, -0.1) is 0 Å². The number of nitrogens with zero attached hydrogens (tertiary/aromatic N) is 1. The fourth-order valence-electron chi connectivity index (χ4n) is 1.34. The Balaban J connectivity index is 2.75. The summed E-state index contributed by atoms with van der Waals surface area (Å²) < 4.78 is 4.68. The summed E-state index contributed by atoms with van der Waals surface area (Å²) in [6.07, 6.45) is -1.30. The van der Waals surface area contributed by atoms with E-state index in [1.807, 2.05) is 0 Å². The first kappa shape index (κ1) is 13.1. The molecule has 1 unspecified atom stereocenters. The van der Waals surface area contributed by atoms with Gasteiger partial charge in [-0.25, -0.2) is 0 Å². The summed E-state index contributed by atoms with van der Waals surface area (Å²) in [5, 5.41) is 20.2. The molecule has 1 N–H and O–H groups in total. The Morgan fingerprint density at radius 2 is 2.29 bits per heavy atom. The zero-order chi connectivity index (χ0) is 12.8.